The molecule has 140 valence electrons. The number of carbonyl (C=O) groups excluding carboxylic acids is 1. The van der Waals surface area contributed by atoms with Gasteiger partial charge >= 0.3 is 0 Å². The Hall–Kier alpha value is -3.60. The summed E-state index contributed by atoms with van der Waals surface area (Å²) in [7, 11) is 1.60. The number of methoxy groups -OCH3 is 1. The first-order chi connectivity index (χ1) is 13.7. The normalized spacial score (nSPS) is 10.8. The van der Waals surface area contributed by atoms with Crippen LogP contribution in [0.15, 0.2) is 72.9 Å². The van der Waals surface area contributed by atoms with E-state index in [0.717, 1.165) is 11.1 Å². The maximum atomic E-state index is 12.7. The van der Waals surface area contributed by atoms with Crippen molar-refractivity contribution in [3.8, 4) is 5.75 Å². The number of ether oxygens (including phenoxy) is 1. The topological polar surface area (TPSA) is 56.1 Å². The summed E-state index contributed by atoms with van der Waals surface area (Å²) in [6, 6.07) is 21.7. The van der Waals surface area contributed by atoms with Crippen LogP contribution in [0.2, 0.25) is 0 Å². The van der Waals surface area contributed by atoms with E-state index in [1.54, 1.807) is 36.2 Å². The average Bonchev–Trinajstić information content (AvgIpc) is 3.15. The summed E-state index contributed by atoms with van der Waals surface area (Å²) >= 11 is 0. The number of hydrogen-bond acceptors (Lipinski definition) is 3. The number of fused-ring (bicyclic) bond motifs is 1. The number of rotatable bonds is 5. The first-order valence-electron chi connectivity index (χ1n) is 9.10. The van der Waals surface area contributed by atoms with Crippen molar-refractivity contribution in [2.75, 3.05) is 12.4 Å². The Morgan fingerprint density at radius 3 is 2.75 bits per heavy atom. The third-order valence-electron chi connectivity index (χ3n) is 4.83. The van der Waals surface area contributed by atoms with Crippen molar-refractivity contribution in [2.45, 2.75) is 13.5 Å². The van der Waals surface area contributed by atoms with Gasteiger partial charge in [-0.3, -0.25) is 4.79 Å². The third-order valence-corrected chi connectivity index (χ3v) is 4.83. The summed E-state index contributed by atoms with van der Waals surface area (Å²) in [6.45, 7) is 2.51. The van der Waals surface area contributed by atoms with Crippen LogP contribution in [0.4, 0.5) is 5.82 Å². The van der Waals surface area contributed by atoms with Crippen LogP contribution in [0, 0.1) is 6.92 Å². The van der Waals surface area contributed by atoms with Gasteiger partial charge in [0, 0.05) is 11.6 Å². The molecule has 0 aliphatic rings. The number of nitrogens with one attached hydrogen (secondary N) is 1. The van der Waals surface area contributed by atoms with E-state index < -0.39 is 0 Å². The van der Waals surface area contributed by atoms with Crippen LogP contribution in [0.3, 0.4) is 0 Å². The third kappa shape index (κ3) is 3.47. The van der Waals surface area contributed by atoms with Gasteiger partial charge in [0.1, 0.15) is 11.6 Å². The fourth-order valence-electron chi connectivity index (χ4n) is 3.31. The van der Waals surface area contributed by atoms with Gasteiger partial charge in [-0.25, -0.2) is 4.68 Å². The van der Waals surface area contributed by atoms with E-state index in [1.165, 1.54) is 10.8 Å². The molecule has 0 unspecified atom stereocenters. The minimum absolute atomic E-state index is 0.196. The van der Waals surface area contributed by atoms with Gasteiger partial charge in [-0.15, -0.1) is 0 Å². The molecule has 5 nitrogen and oxygen atoms in total. The van der Waals surface area contributed by atoms with E-state index in [-0.39, 0.29) is 5.91 Å². The highest BCUT2D eigenvalue weighted by Crippen LogP contribution is 2.22. The molecular formula is C23H21N3O2. The number of anilines is 1. The lowest BCUT2D eigenvalue weighted by atomic mass is 10.0. The van der Waals surface area contributed by atoms with Gasteiger partial charge in [-0.2, -0.15) is 5.10 Å². The van der Waals surface area contributed by atoms with E-state index in [9.17, 15) is 4.79 Å². The quantitative estimate of drug-likeness (QED) is 0.555. The van der Waals surface area contributed by atoms with Gasteiger partial charge in [-0.05, 0) is 41.0 Å². The zero-order valence-electron chi connectivity index (χ0n) is 15.8. The number of benzene rings is 3. The molecule has 5 heteroatoms. The highest BCUT2D eigenvalue weighted by molar-refractivity contribution is 6.04. The van der Waals surface area contributed by atoms with Crippen molar-refractivity contribution >= 4 is 22.5 Å². The van der Waals surface area contributed by atoms with Crippen molar-refractivity contribution in [3.63, 3.8) is 0 Å². The van der Waals surface area contributed by atoms with Crippen molar-refractivity contribution in [2.24, 2.45) is 0 Å². The van der Waals surface area contributed by atoms with Crippen molar-refractivity contribution in [3.05, 3.63) is 89.6 Å². The van der Waals surface area contributed by atoms with Gasteiger partial charge in [0.25, 0.3) is 5.91 Å². The summed E-state index contributed by atoms with van der Waals surface area (Å²) in [5.41, 5.74) is 2.68. The number of nitrogens with zero attached hydrogens (tertiary/aromatic N) is 2. The molecule has 0 saturated carbocycles. The summed E-state index contributed by atoms with van der Waals surface area (Å²) < 4.78 is 7.11. The monoisotopic (exact) mass is 371 g/mol. The Bertz CT molecular complexity index is 1140. The molecule has 0 atom stereocenters. The van der Waals surface area contributed by atoms with Crippen LogP contribution in [0.5, 0.6) is 5.75 Å². The standard InChI is InChI=1S/C23H21N3O2/c1-16-10-11-18(14-21(16)28-2)23(27)25-22-12-13-24-26(22)15-19-8-5-7-17-6-3-4-9-20(17)19/h3-14H,15H2,1-2H3,(H,25,27). The first kappa shape index (κ1) is 17.8. The number of amides is 1. The minimum Gasteiger partial charge on any atom is -0.496 e. The predicted molar refractivity (Wildman–Crippen MR) is 111 cm³/mol. The van der Waals surface area contributed by atoms with Gasteiger partial charge in [0.2, 0.25) is 0 Å². The van der Waals surface area contributed by atoms with Crippen LogP contribution in [-0.4, -0.2) is 22.8 Å². The van der Waals surface area contributed by atoms with Crippen molar-refractivity contribution in [1.29, 1.82) is 0 Å². The number of carbonyl (C=O) groups is 1. The van der Waals surface area contributed by atoms with Crippen molar-refractivity contribution in [1.82, 2.24) is 9.78 Å². The van der Waals surface area contributed by atoms with Crippen LogP contribution >= 0.6 is 0 Å². The van der Waals surface area contributed by atoms with Gasteiger partial charge < -0.3 is 10.1 Å². The molecule has 0 aliphatic carbocycles. The van der Waals surface area contributed by atoms with Crippen LogP contribution < -0.4 is 10.1 Å². The lowest BCUT2D eigenvalue weighted by molar-refractivity contribution is 0.102. The van der Waals surface area contributed by atoms with E-state index >= 15 is 0 Å². The molecule has 3 aromatic carbocycles. The highest BCUT2D eigenvalue weighted by Gasteiger charge is 2.12. The first-order valence-corrected chi connectivity index (χ1v) is 9.10. The molecule has 4 rings (SSSR count). The molecule has 0 spiro atoms. The average molecular weight is 371 g/mol. The summed E-state index contributed by atoms with van der Waals surface area (Å²) in [4.78, 5) is 12.7. The van der Waals surface area contributed by atoms with Crippen LogP contribution in [-0.2, 0) is 6.54 Å². The summed E-state index contributed by atoms with van der Waals surface area (Å²) in [5, 5.41) is 9.71. The molecule has 1 N–H and O–H groups in total. The number of aromatic nitrogens is 2. The zero-order chi connectivity index (χ0) is 19.5. The Balaban J connectivity index is 1.58. The number of hydrogen-bond donors (Lipinski definition) is 1. The fraction of sp³-hybridized carbons (Fsp3) is 0.130. The summed E-state index contributed by atoms with van der Waals surface area (Å²) in [5.74, 6) is 1.15. The Kier molecular flexibility index (Phi) is 4.81. The van der Waals surface area contributed by atoms with Crippen molar-refractivity contribution < 1.29 is 9.53 Å². The molecule has 28 heavy (non-hydrogen) atoms. The van der Waals surface area contributed by atoms with Crippen LogP contribution in [0.1, 0.15) is 21.5 Å². The second kappa shape index (κ2) is 7.56. The van der Waals surface area contributed by atoms with Gasteiger partial charge in [-0.1, -0.05) is 48.5 Å². The number of aryl methyl sites for hydroxylation is 1. The Morgan fingerprint density at radius 2 is 1.89 bits per heavy atom. The fourth-order valence-corrected chi connectivity index (χ4v) is 3.31. The Morgan fingerprint density at radius 1 is 1.07 bits per heavy atom. The molecule has 0 fully saturated rings. The lowest BCUT2D eigenvalue weighted by Crippen LogP contribution is -2.16. The second-order valence-corrected chi connectivity index (χ2v) is 6.65. The van der Waals surface area contributed by atoms with Gasteiger partial charge in [0.15, 0.2) is 0 Å². The maximum Gasteiger partial charge on any atom is 0.256 e. The molecule has 1 heterocycles. The molecule has 0 saturated heterocycles. The molecular weight excluding hydrogens is 350 g/mol. The molecule has 0 aliphatic heterocycles. The lowest BCUT2D eigenvalue weighted by Gasteiger charge is -2.12. The molecule has 4 aromatic rings. The van der Waals surface area contributed by atoms with Gasteiger partial charge in [0.05, 0.1) is 19.9 Å². The molecule has 1 amide bonds. The summed E-state index contributed by atoms with van der Waals surface area (Å²) in [6.07, 6.45) is 1.69. The highest BCUT2D eigenvalue weighted by atomic mass is 16.5. The predicted octanol–water partition coefficient (Wildman–Crippen LogP) is 4.65. The zero-order valence-corrected chi connectivity index (χ0v) is 15.8. The van der Waals surface area contributed by atoms with E-state index in [1.807, 2.05) is 31.2 Å². The largest absolute Gasteiger partial charge is 0.496 e. The molecule has 0 bridgehead atoms. The minimum atomic E-state index is -0.196. The second-order valence-electron chi connectivity index (χ2n) is 6.65. The van der Waals surface area contributed by atoms with E-state index in [2.05, 4.69) is 34.7 Å². The van der Waals surface area contributed by atoms with Crippen LogP contribution in [0.25, 0.3) is 10.8 Å². The molecule has 0 radical (unpaired) electrons. The van der Waals surface area contributed by atoms with E-state index in [0.29, 0.717) is 23.7 Å². The van der Waals surface area contributed by atoms with E-state index in [4.69, 9.17) is 4.74 Å². The maximum absolute atomic E-state index is 12.7. The smallest absolute Gasteiger partial charge is 0.256 e. The Labute approximate surface area is 163 Å². The molecule has 1 aromatic heterocycles. The SMILES string of the molecule is COc1cc(C(=O)Nc2ccnn2Cc2cccc3ccccc23)ccc1C.